The minimum atomic E-state index is 0.550. The summed E-state index contributed by atoms with van der Waals surface area (Å²) < 4.78 is 14.7. The van der Waals surface area contributed by atoms with E-state index in [9.17, 15) is 0 Å². The normalized spacial score (nSPS) is 17.0. The molecule has 2 N–H and O–H groups in total. The van der Waals surface area contributed by atoms with E-state index < -0.39 is 0 Å². The molecule has 24 heavy (non-hydrogen) atoms. The molecule has 6 nitrogen and oxygen atoms in total. The summed E-state index contributed by atoms with van der Waals surface area (Å²) in [7, 11) is 0. The van der Waals surface area contributed by atoms with Crippen molar-refractivity contribution in [2.75, 3.05) is 85.3 Å². The molecule has 1 fully saturated rings. The number of nitrogens with zero attached hydrogens (tertiary/aromatic N) is 2. The molecule has 0 saturated carbocycles. The Morgan fingerprint density at radius 1 is 0.875 bits per heavy atom. The second-order valence-corrected chi connectivity index (χ2v) is 8.07. The maximum atomic E-state index is 5.71. The van der Waals surface area contributed by atoms with Crippen molar-refractivity contribution in [1.29, 1.82) is 0 Å². The fraction of sp³-hybridized carbons (Fsp3) is 1.00. The SMILES string of the molecule is C[Se]NCCOCCN1CCN(CCOCCNCC(C)C)CC1. The van der Waals surface area contributed by atoms with E-state index in [1.807, 2.05) is 0 Å². The third-order valence-corrected chi connectivity index (χ3v) is 5.07. The average Bonchev–Trinajstić information content (AvgIpc) is 2.58. The van der Waals surface area contributed by atoms with Gasteiger partial charge in [0.2, 0.25) is 0 Å². The van der Waals surface area contributed by atoms with Gasteiger partial charge in [-0.25, -0.2) is 0 Å². The number of ether oxygens (including phenoxy) is 2. The zero-order valence-electron chi connectivity index (χ0n) is 15.9. The van der Waals surface area contributed by atoms with Crippen LogP contribution in [0.25, 0.3) is 0 Å². The van der Waals surface area contributed by atoms with E-state index in [1.54, 1.807) is 0 Å². The first-order valence-corrected chi connectivity index (χ1v) is 11.9. The molecule has 0 atom stereocenters. The quantitative estimate of drug-likeness (QED) is 0.297. The number of nitrogens with one attached hydrogen (secondary N) is 2. The second-order valence-electron chi connectivity index (χ2n) is 6.60. The molecule has 1 rings (SSSR count). The molecule has 1 aliphatic rings. The van der Waals surface area contributed by atoms with Crippen molar-refractivity contribution in [3.05, 3.63) is 0 Å². The minimum absolute atomic E-state index is 0.550. The Kier molecular flexibility index (Phi) is 14.4. The molecular formula is C17H38N4O2Se. The van der Waals surface area contributed by atoms with Crippen LogP contribution in [0.15, 0.2) is 0 Å². The summed E-state index contributed by atoms with van der Waals surface area (Å²) in [6.07, 6.45) is 0. The van der Waals surface area contributed by atoms with E-state index in [4.69, 9.17) is 9.47 Å². The van der Waals surface area contributed by atoms with E-state index in [-0.39, 0.29) is 0 Å². The monoisotopic (exact) mass is 410 g/mol. The third kappa shape index (κ3) is 12.6. The van der Waals surface area contributed by atoms with Gasteiger partial charge < -0.3 is 10.1 Å². The summed E-state index contributed by atoms with van der Waals surface area (Å²) in [5.41, 5.74) is 0. The van der Waals surface area contributed by atoms with Crippen LogP contribution in [-0.2, 0) is 9.47 Å². The summed E-state index contributed by atoms with van der Waals surface area (Å²) >= 11 is 0.550. The van der Waals surface area contributed by atoms with Crippen molar-refractivity contribution >= 4 is 15.2 Å². The topological polar surface area (TPSA) is 49.0 Å². The van der Waals surface area contributed by atoms with Crippen LogP contribution in [0.4, 0.5) is 0 Å². The molecule has 7 heteroatoms. The molecule has 0 aromatic rings. The van der Waals surface area contributed by atoms with Crippen LogP contribution >= 0.6 is 0 Å². The van der Waals surface area contributed by atoms with Gasteiger partial charge >= 0.3 is 106 Å². The van der Waals surface area contributed by atoms with Crippen LogP contribution in [0, 0.1) is 5.92 Å². The maximum absolute atomic E-state index is 5.71. The summed E-state index contributed by atoms with van der Waals surface area (Å²) in [6, 6.07) is 0. The van der Waals surface area contributed by atoms with Crippen molar-refractivity contribution in [3.63, 3.8) is 0 Å². The fourth-order valence-corrected chi connectivity index (χ4v) is 3.18. The molecule has 144 valence electrons. The summed E-state index contributed by atoms with van der Waals surface area (Å²) in [4.78, 5) is 5.01. The van der Waals surface area contributed by atoms with Crippen LogP contribution in [0.5, 0.6) is 0 Å². The molecule has 1 heterocycles. The van der Waals surface area contributed by atoms with E-state index in [0.717, 1.165) is 85.3 Å². The predicted octanol–water partition coefficient (Wildman–Crippen LogP) is 0.140. The van der Waals surface area contributed by atoms with Crippen LogP contribution < -0.4 is 9.65 Å². The van der Waals surface area contributed by atoms with Crippen LogP contribution in [-0.4, -0.2) is 110 Å². The molecule has 0 amide bonds. The molecule has 1 aliphatic heterocycles. The Morgan fingerprint density at radius 2 is 1.42 bits per heavy atom. The van der Waals surface area contributed by atoms with Gasteiger partial charge in [-0.2, -0.15) is 0 Å². The summed E-state index contributed by atoms with van der Waals surface area (Å²) in [5, 5.41) is 3.40. The van der Waals surface area contributed by atoms with Gasteiger partial charge in [0.1, 0.15) is 0 Å². The summed E-state index contributed by atoms with van der Waals surface area (Å²) in [5.74, 6) is 2.89. The van der Waals surface area contributed by atoms with Gasteiger partial charge in [0.05, 0.1) is 6.61 Å². The molecule has 0 aromatic carbocycles. The second kappa shape index (κ2) is 15.5. The van der Waals surface area contributed by atoms with Crippen LogP contribution in [0.2, 0.25) is 5.82 Å². The Morgan fingerprint density at radius 3 is 1.92 bits per heavy atom. The van der Waals surface area contributed by atoms with E-state index in [1.165, 1.54) is 0 Å². The molecular weight excluding hydrogens is 371 g/mol. The first kappa shape index (κ1) is 22.3. The predicted molar refractivity (Wildman–Crippen MR) is 102 cm³/mol. The number of hydrogen-bond acceptors (Lipinski definition) is 6. The summed E-state index contributed by atoms with van der Waals surface area (Å²) in [6.45, 7) is 17.5. The average molecular weight is 409 g/mol. The van der Waals surface area contributed by atoms with Crippen LogP contribution in [0.3, 0.4) is 0 Å². The zero-order valence-corrected chi connectivity index (χ0v) is 17.6. The van der Waals surface area contributed by atoms with Crippen molar-refractivity contribution in [2.24, 2.45) is 5.92 Å². The zero-order chi connectivity index (χ0) is 17.5. The number of rotatable bonds is 15. The Hall–Kier alpha value is 0.279. The molecule has 0 aromatic heterocycles. The van der Waals surface area contributed by atoms with Gasteiger partial charge in [-0.1, -0.05) is 13.8 Å². The first-order chi connectivity index (χ1) is 11.7. The van der Waals surface area contributed by atoms with Gasteiger partial charge in [0, 0.05) is 6.54 Å². The van der Waals surface area contributed by atoms with E-state index in [0.29, 0.717) is 21.1 Å². The first-order valence-electron chi connectivity index (χ1n) is 9.29. The molecule has 1 saturated heterocycles. The molecule has 0 bridgehead atoms. The molecule has 0 spiro atoms. The van der Waals surface area contributed by atoms with Gasteiger partial charge in [0.25, 0.3) is 0 Å². The molecule has 0 unspecified atom stereocenters. The third-order valence-electron chi connectivity index (χ3n) is 4.04. The van der Waals surface area contributed by atoms with Crippen molar-refractivity contribution in [3.8, 4) is 0 Å². The molecule has 0 aliphatic carbocycles. The van der Waals surface area contributed by atoms with Gasteiger partial charge in [0.15, 0.2) is 0 Å². The van der Waals surface area contributed by atoms with E-state index in [2.05, 4.69) is 39.1 Å². The number of piperazine rings is 1. The van der Waals surface area contributed by atoms with Gasteiger partial charge in [-0.15, -0.1) is 0 Å². The van der Waals surface area contributed by atoms with Gasteiger partial charge in [-0.3, -0.25) is 0 Å². The van der Waals surface area contributed by atoms with Crippen molar-refractivity contribution in [1.82, 2.24) is 19.4 Å². The van der Waals surface area contributed by atoms with Crippen molar-refractivity contribution in [2.45, 2.75) is 19.7 Å². The van der Waals surface area contributed by atoms with E-state index >= 15 is 0 Å². The Bertz CT molecular complexity index is 277. The van der Waals surface area contributed by atoms with Crippen molar-refractivity contribution < 1.29 is 9.47 Å². The van der Waals surface area contributed by atoms with Gasteiger partial charge in [-0.05, 0) is 12.5 Å². The number of hydrogen-bond donors (Lipinski definition) is 2. The fourth-order valence-electron chi connectivity index (χ4n) is 2.58. The molecule has 0 radical (unpaired) electrons. The Labute approximate surface area is 155 Å². The Balaban J connectivity index is 1.87. The van der Waals surface area contributed by atoms with Crippen LogP contribution in [0.1, 0.15) is 13.8 Å². The standard InChI is InChI=1S/C17H38N4O2Se/c1-17(2)16-18-4-12-22-14-10-20-6-8-21(9-7-20)11-15-23-13-5-19-24-3/h17-19H,4-16H2,1-3H3.